The SMILES string of the molecule is O=C(O)c1ccc(C(=O)N2CCC(Oc3ccc(F)cc3F)CC2)c(F)c1. The van der Waals surface area contributed by atoms with Crippen LogP contribution >= 0.6 is 0 Å². The molecule has 3 rings (SSSR count). The van der Waals surface area contributed by atoms with Crippen LogP contribution < -0.4 is 4.74 Å². The number of hydrogen-bond acceptors (Lipinski definition) is 3. The number of piperidine rings is 1. The Hall–Kier alpha value is -3.03. The van der Waals surface area contributed by atoms with Gasteiger partial charge in [-0.05, 0) is 30.3 Å². The summed E-state index contributed by atoms with van der Waals surface area (Å²) < 4.78 is 46.1. The van der Waals surface area contributed by atoms with Crippen LogP contribution in [0.5, 0.6) is 5.75 Å². The maximum absolute atomic E-state index is 14.0. The lowest BCUT2D eigenvalue weighted by Crippen LogP contribution is -2.42. The van der Waals surface area contributed by atoms with Crippen molar-refractivity contribution in [1.82, 2.24) is 4.90 Å². The maximum Gasteiger partial charge on any atom is 0.335 e. The highest BCUT2D eigenvalue weighted by atomic mass is 19.1. The van der Waals surface area contributed by atoms with E-state index in [1.165, 1.54) is 17.0 Å². The first-order chi connectivity index (χ1) is 12.8. The molecule has 142 valence electrons. The first-order valence-electron chi connectivity index (χ1n) is 8.29. The topological polar surface area (TPSA) is 66.8 Å². The van der Waals surface area contributed by atoms with Gasteiger partial charge in [0.05, 0.1) is 11.1 Å². The summed E-state index contributed by atoms with van der Waals surface area (Å²) in [6.45, 7) is 0.541. The number of nitrogens with zero attached hydrogens (tertiary/aromatic N) is 1. The second-order valence-electron chi connectivity index (χ2n) is 6.18. The molecule has 1 aliphatic heterocycles. The Bertz CT molecular complexity index is 879. The van der Waals surface area contributed by atoms with Crippen molar-refractivity contribution in [2.45, 2.75) is 18.9 Å². The molecule has 0 aliphatic carbocycles. The molecule has 0 bridgehead atoms. The van der Waals surface area contributed by atoms with E-state index >= 15 is 0 Å². The Morgan fingerprint density at radius 3 is 2.30 bits per heavy atom. The number of carboxylic acid groups (broad SMARTS) is 1. The summed E-state index contributed by atoms with van der Waals surface area (Å²) in [5.74, 6) is -4.27. The molecule has 0 atom stereocenters. The Morgan fingerprint density at radius 1 is 1.00 bits per heavy atom. The number of likely N-dealkylation sites (tertiary alicyclic amines) is 1. The third kappa shape index (κ3) is 4.21. The van der Waals surface area contributed by atoms with Gasteiger partial charge in [-0.3, -0.25) is 4.79 Å². The number of carbonyl (C=O) groups excluding carboxylic acids is 1. The predicted octanol–water partition coefficient (Wildman–Crippen LogP) is 3.49. The summed E-state index contributed by atoms with van der Waals surface area (Å²) in [6.07, 6.45) is 0.447. The predicted molar refractivity (Wildman–Crippen MR) is 89.3 cm³/mol. The fraction of sp³-hybridized carbons (Fsp3) is 0.263. The van der Waals surface area contributed by atoms with Crippen molar-refractivity contribution in [3.05, 3.63) is 65.0 Å². The van der Waals surface area contributed by atoms with E-state index in [1.807, 2.05) is 0 Å². The van der Waals surface area contributed by atoms with Gasteiger partial charge in [0.1, 0.15) is 17.7 Å². The van der Waals surface area contributed by atoms with E-state index < -0.39 is 29.3 Å². The summed E-state index contributed by atoms with van der Waals surface area (Å²) in [5, 5.41) is 8.85. The quantitative estimate of drug-likeness (QED) is 0.883. The van der Waals surface area contributed by atoms with E-state index in [4.69, 9.17) is 9.84 Å². The van der Waals surface area contributed by atoms with Crippen LogP contribution in [0.15, 0.2) is 36.4 Å². The second-order valence-corrected chi connectivity index (χ2v) is 6.18. The van der Waals surface area contributed by atoms with Crippen LogP contribution in [0.1, 0.15) is 33.6 Å². The summed E-state index contributed by atoms with van der Waals surface area (Å²) in [7, 11) is 0. The van der Waals surface area contributed by atoms with E-state index in [1.54, 1.807) is 0 Å². The average molecular weight is 379 g/mol. The molecule has 1 heterocycles. The zero-order valence-corrected chi connectivity index (χ0v) is 14.1. The fourth-order valence-corrected chi connectivity index (χ4v) is 2.92. The third-order valence-corrected chi connectivity index (χ3v) is 4.36. The molecular formula is C19H16F3NO4. The standard InChI is InChI=1S/C19H16F3NO4/c20-12-2-4-17(16(22)10-12)27-13-5-7-23(8-6-13)18(24)14-3-1-11(19(25)26)9-15(14)21/h1-4,9-10,13H,5-8H2,(H,25,26). The fourth-order valence-electron chi connectivity index (χ4n) is 2.92. The van der Waals surface area contributed by atoms with E-state index in [0.717, 1.165) is 24.3 Å². The maximum atomic E-state index is 14.0. The van der Waals surface area contributed by atoms with Gasteiger partial charge in [-0.1, -0.05) is 0 Å². The Morgan fingerprint density at radius 2 is 1.70 bits per heavy atom. The van der Waals surface area contributed by atoms with Crippen LogP contribution in [0.25, 0.3) is 0 Å². The van der Waals surface area contributed by atoms with Crippen LogP contribution in [-0.4, -0.2) is 41.1 Å². The first kappa shape index (κ1) is 18.8. The first-order valence-corrected chi connectivity index (χ1v) is 8.29. The smallest absolute Gasteiger partial charge is 0.335 e. The Balaban J connectivity index is 1.62. The van der Waals surface area contributed by atoms with Crippen LogP contribution in [0.2, 0.25) is 0 Å². The van der Waals surface area contributed by atoms with Gasteiger partial charge < -0.3 is 14.7 Å². The molecule has 1 saturated heterocycles. The monoisotopic (exact) mass is 379 g/mol. The molecule has 0 saturated carbocycles. The molecule has 0 aromatic heterocycles. The van der Waals surface area contributed by atoms with Crippen molar-refractivity contribution in [1.29, 1.82) is 0 Å². The molecule has 2 aromatic carbocycles. The minimum absolute atomic E-state index is 0.0588. The molecule has 0 spiro atoms. The minimum atomic E-state index is -1.28. The van der Waals surface area contributed by atoms with E-state index in [2.05, 4.69) is 0 Å². The number of halogens is 3. The third-order valence-electron chi connectivity index (χ3n) is 4.36. The van der Waals surface area contributed by atoms with Crippen LogP contribution in [0.3, 0.4) is 0 Å². The highest BCUT2D eigenvalue weighted by Gasteiger charge is 2.27. The molecule has 8 heteroatoms. The molecule has 0 radical (unpaired) electrons. The summed E-state index contributed by atoms with van der Waals surface area (Å²) >= 11 is 0. The number of carbonyl (C=O) groups is 2. The second kappa shape index (κ2) is 7.69. The molecule has 5 nitrogen and oxygen atoms in total. The normalized spacial score (nSPS) is 14.9. The van der Waals surface area contributed by atoms with E-state index in [0.29, 0.717) is 12.8 Å². The van der Waals surface area contributed by atoms with Crippen molar-refractivity contribution >= 4 is 11.9 Å². The van der Waals surface area contributed by atoms with Gasteiger partial charge in [-0.2, -0.15) is 0 Å². The van der Waals surface area contributed by atoms with Crippen LogP contribution in [0, 0.1) is 17.5 Å². The number of carboxylic acids is 1. The number of rotatable bonds is 4. The Kier molecular flexibility index (Phi) is 5.34. The lowest BCUT2D eigenvalue weighted by atomic mass is 10.0. The molecule has 1 aliphatic rings. The molecule has 2 aromatic rings. The average Bonchev–Trinajstić information content (AvgIpc) is 2.64. The number of benzene rings is 2. The lowest BCUT2D eigenvalue weighted by molar-refractivity contribution is 0.0582. The molecule has 27 heavy (non-hydrogen) atoms. The molecule has 1 amide bonds. The zero-order valence-electron chi connectivity index (χ0n) is 14.1. The minimum Gasteiger partial charge on any atom is -0.487 e. The van der Waals surface area contributed by atoms with Gasteiger partial charge >= 0.3 is 5.97 Å². The molecule has 1 fully saturated rings. The van der Waals surface area contributed by atoms with Gasteiger partial charge in [0, 0.05) is 32.0 Å². The summed E-state index contributed by atoms with van der Waals surface area (Å²) in [4.78, 5) is 24.7. The van der Waals surface area contributed by atoms with Gasteiger partial charge in [-0.25, -0.2) is 18.0 Å². The van der Waals surface area contributed by atoms with Crippen LogP contribution in [0.4, 0.5) is 13.2 Å². The van der Waals surface area contributed by atoms with Crippen molar-refractivity contribution < 1.29 is 32.6 Å². The lowest BCUT2D eigenvalue weighted by Gasteiger charge is -2.32. The van der Waals surface area contributed by atoms with Gasteiger partial charge in [0.2, 0.25) is 0 Å². The van der Waals surface area contributed by atoms with Crippen molar-refractivity contribution in [2.24, 2.45) is 0 Å². The summed E-state index contributed by atoms with van der Waals surface area (Å²) in [5.41, 5.74) is -0.443. The van der Waals surface area contributed by atoms with Gasteiger partial charge in [0.25, 0.3) is 5.91 Å². The molecular weight excluding hydrogens is 363 g/mol. The van der Waals surface area contributed by atoms with E-state index in [9.17, 15) is 22.8 Å². The highest BCUT2D eigenvalue weighted by Crippen LogP contribution is 2.24. The Labute approximate surface area is 153 Å². The largest absolute Gasteiger partial charge is 0.487 e. The molecule has 1 N–H and O–H groups in total. The van der Waals surface area contributed by atoms with Gasteiger partial charge in [0.15, 0.2) is 11.6 Å². The zero-order chi connectivity index (χ0) is 19.6. The van der Waals surface area contributed by atoms with Gasteiger partial charge in [-0.15, -0.1) is 0 Å². The van der Waals surface area contributed by atoms with Crippen molar-refractivity contribution in [3.8, 4) is 5.75 Å². The summed E-state index contributed by atoms with van der Waals surface area (Å²) in [6, 6.07) is 6.17. The number of amides is 1. The number of hydrogen-bond donors (Lipinski definition) is 1. The van der Waals surface area contributed by atoms with E-state index in [-0.39, 0.29) is 36.1 Å². The molecule has 0 unspecified atom stereocenters. The number of ether oxygens (including phenoxy) is 1. The van der Waals surface area contributed by atoms with Crippen LogP contribution in [-0.2, 0) is 0 Å². The van der Waals surface area contributed by atoms with Crippen molar-refractivity contribution in [2.75, 3.05) is 13.1 Å². The van der Waals surface area contributed by atoms with Crippen molar-refractivity contribution in [3.63, 3.8) is 0 Å². The highest BCUT2D eigenvalue weighted by molar-refractivity contribution is 5.96. The number of aromatic carboxylic acids is 1.